The molecule has 1 N–H and O–H groups in total. The van der Waals surface area contributed by atoms with Gasteiger partial charge in [0.25, 0.3) is 0 Å². The molecule has 0 saturated carbocycles. The number of nitrogens with zero attached hydrogens (tertiary/aromatic N) is 3. The first-order valence-electron chi connectivity index (χ1n) is 9.64. The van der Waals surface area contributed by atoms with Crippen LogP contribution in [0.5, 0.6) is 0 Å². The van der Waals surface area contributed by atoms with E-state index in [2.05, 4.69) is 10.4 Å². The molecule has 4 rings (SSSR count). The number of nitrogens with one attached hydrogen (secondary N) is 1. The number of aryl methyl sites for hydroxylation is 3. The average molecular weight is 392 g/mol. The van der Waals surface area contributed by atoms with Gasteiger partial charge in [0.05, 0.1) is 24.4 Å². The summed E-state index contributed by atoms with van der Waals surface area (Å²) in [6.45, 7) is 4.76. The first kappa shape index (κ1) is 19.0. The number of aromatic nitrogens is 2. The molecule has 1 fully saturated rings. The first-order chi connectivity index (χ1) is 13.9. The summed E-state index contributed by atoms with van der Waals surface area (Å²) in [5, 5.41) is 7.34. The van der Waals surface area contributed by atoms with Crippen LogP contribution in [0.15, 0.2) is 47.1 Å². The average Bonchev–Trinajstić information content (AvgIpc) is 3.42. The monoisotopic (exact) mass is 392 g/mol. The van der Waals surface area contributed by atoms with E-state index in [9.17, 15) is 9.59 Å². The number of carbonyl (C=O) groups is 2. The molecule has 29 heavy (non-hydrogen) atoms. The van der Waals surface area contributed by atoms with Gasteiger partial charge in [0, 0.05) is 25.7 Å². The van der Waals surface area contributed by atoms with Crippen molar-refractivity contribution in [1.82, 2.24) is 15.1 Å². The highest BCUT2D eigenvalue weighted by Crippen LogP contribution is 2.27. The lowest BCUT2D eigenvalue weighted by molar-refractivity contribution is -0.126. The van der Waals surface area contributed by atoms with Gasteiger partial charge in [-0.25, -0.2) is 0 Å². The maximum atomic E-state index is 12.6. The van der Waals surface area contributed by atoms with E-state index in [1.807, 2.05) is 57.3 Å². The summed E-state index contributed by atoms with van der Waals surface area (Å²) < 4.78 is 7.13. The lowest BCUT2D eigenvalue weighted by Gasteiger charge is -2.18. The topological polar surface area (TPSA) is 80.4 Å². The van der Waals surface area contributed by atoms with Crippen molar-refractivity contribution in [2.75, 3.05) is 11.4 Å². The van der Waals surface area contributed by atoms with Crippen molar-refractivity contribution in [3.63, 3.8) is 0 Å². The third kappa shape index (κ3) is 3.81. The molecule has 1 aliphatic heterocycles. The molecular weight excluding hydrogens is 368 g/mol. The maximum Gasteiger partial charge on any atom is 0.227 e. The number of hydrogen-bond acceptors (Lipinski definition) is 4. The molecule has 1 aromatic carbocycles. The lowest BCUT2D eigenvalue weighted by atomic mass is 10.1. The summed E-state index contributed by atoms with van der Waals surface area (Å²) in [6.07, 6.45) is 1.83. The minimum Gasteiger partial charge on any atom is -0.463 e. The normalized spacial score (nSPS) is 16.4. The molecule has 2 aromatic heterocycles. The number of benzene rings is 1. The summed E-state index contributed by atoms with van der Waals surface area (Å²) in [4.78, 5) is 26.8. The summed E-state index contributed by atoms with van der Waals surface area (Å²) >= 11 is 0. The van der Waals surface area contributed by atoms with Crippen molar-refractivity contribution in [3.05, 3.63) is 59.5 Å². The zero-order valence-electron chi connectivity index (χ0n) is 16.8. The molecular formula is C22H24N4O3. The van der Waals surface area contributed by atoms with E-state index in [4.69, 9.17) is 4.42 Å². The smallest absolute Gasteiger partial charge is 0.227 e. The van der Waals surface area contributed by atoms with Crippen LogP contribution in [0.25, 0.3) is 11.5 Å². The molecule has 2 amide bonds. The van der Waals surface area contributed by atoms with Gasteiger partial charge in [-0.15, -0.1) is 0 Å². The molecule has 0 unspecified atom stereocenters. The third-order valence-corrected chi connectivity index (χ3v) is 5.45. The predicted octanol–water partition coefficient (Wildman–Crippen LogP) is 2.97. The highest BCUT2D eigenvalue weighted by molar-refractivity contribution is 6.00. The van der Waals surface area contributed by atoms with Crippen LogP contribution < -0.4 is 10.2 Å². The number of furan rings is 1. The van der Waals surface area contributed by atoms with Gasteiger partial charge in [0.15, 0.2) is 5.76 Å². The van der Waals surface area contributed by atoms with Crippen molar-refractivity contribution in [1.29, 1.82) is 0 Å². The van der Waals surface area contributed by atoms with Gasteiger partial charge in [0.1, 0.15) is 5.69 Å². The second-order valence-corrected chi connectivity index (χ2v) is 7.51. The lowest BCUT2D eigenvalue weighted by Crippen LogP contribution is -2.32. The van der Waals surface area contributed by atoms with E-state index >= 15 is 0 Å². The SMILES string of the molecule is Cc1ccc(N2C[C@H](C(=O)NCc3cc(-c4ccco4)n(C)n3)CC2=O)cc1C. The molecule has 3 aromatic rings. The molecule has 0 radical (unpaired) electrons. The molecule has 0 bridgehead atoms. The van der Waals surface area contributed by atoms with Crippen LogP contribution in [0.3, 0.4) is 0 Å². The van der Waals surface area contributed by atoms with Crippen molar-refractivity contribution in [2.24, 2.45) is 13.0 Å². The van der Waals surface area contributed by atoms with Crippen LogP contribution in [0.1, 0.15) is 23.2 Å². The molecule has 1 saturated heterocycles. The second-order valence-electron chi connectivity index (χ2n) is 7.51. The first-order valence-corrected chi connectivity index (χ1v) is 9.64. The Kier molecular flexibility index (Phi) is 4.96. The Hall–Kier alpha value is -3.35. The standard InChI is InChI=1S/C22H24N4O3/c1-14-6-7-18(9-15(14)2)26-13-16(10-21(26)27)22(28)23-12-17-11-19(25(3)24-17)20-5-4-8-29-20/h4-9,11,16H,10,12-13H2,1-3H3,(H,23,28)/t16-/m1/s1. The van der Waals surface area contributed by atoms with Gasteiger partial charge in [-0.05, 0) is 55.3 Å². The van der Waals surface area contributed by atoms with Crippen molar-refractivity contribution in [2.45, 2.75) is 26.8 Å². The van der Waals surface area contributed by atoms with Gasteiger partial charge in [-0.1, -0.05) is 6.07 Å². The third-order valence-electron chi connectivity index (χ3n) is 5.45. The van der Waals surface area contributed by atoms with Crippen LogP contribution in [0.2, 0.25) is 0 Å². The summed E-state index contributed by atoms with van der Waals surface area (Å²) in [6, 6.07) is 11.5. The van der Waals surface area contributed by atoms with Crippen molar-refractivity contribution in [3.8, 4) is 11.5 Å². The largest absolute Gasteiger partial charge is 0.463 e. The Balaban J connectivity index is 1.39. The molecule has 7 nitrogen and oxygen atoms in total. The van der Waals surface area contributed by atoms with Crippen LogP contribution in [0, 0.1) is 19.8 Å². The van der Waals surface area contributed by atoms with Gasteiger partial charge < -0.3 is 14.6 Å². The highest BCUT2D eigenvalue weighted by Gasteiger charge is 2.35. The molecule has 0 spiro atoms. The van der Waals surface area contributed by atoms with Crippen LogP contribution in [0.4, 0.5) is 5.69 Å². The van der Waals surface area contributed by atoms with Crippen LogP contribution >= 0.6 is 0 Å². The fraction of sp³-hybridized carbons (Fsp3) is 0.318. The predicted molar refractivity (Wildman–Crippen MR) is 109 cm³/mol. The number of hydrogen-bond donors (Lipinski definition) is 1. The van der Waals surface area contributed by atoms with E-state index in [1.165, 1.54) is 5.56 Å². The second kappa shape index (κ2) is 7.58. The number of anilines is 1. The fourth-order valence-corrected chi connectivity index (χ4v) is 3.62. The Bertz CT molecular complexity index is 1050. The Morgan fingerprint density at radius 2 is 2.07 bits per heavy atom. The number of amides is 2. The minimum atomic E-state index is -0.364. The Morgan fingerprint density at radius 1 is 1.24 bits per heavy atom. The highest BCUT2D eigenvalue weighted by atomic mass is 16.3. The quantitative estimate of drug-likeness (QED) is 0.724. The Morgan fingerprint density at radius 3 is 2.79 bits per heavy atom. The summed E-state index contributed by atoms with van der Waals surface area (Å²) in [5.41, 5.74) is 4.74. The zero-order chi connectivity index (χ0) is 20.5. The van der Waals surface area contributed by atoms with Crippen LogP contribution in [-0.2, 0) is 23.2 Å². The van der Waals surface area contributed by atoms with Crippen molar-refractivity contribution >= 4 is 17.5 Å². The molecule has 1 atom stereocenters. The van der Waals surface area contributed by atoms with Gasteiger partial charge in [0.2, 0.25) is 11.8 Å². The van der Waals surface area contributed by atoms with Gasteiger partial charge >= 0.3 is 0 Å². The fourth-order valence-electron chi connectivity index (χ4n) is 3.62. The molecule has 1 aliphatic rings. The zero-order valence-corrected chi connectivity index (χ0v) is 16.8. The van der Waals surface area contributed by atoms with Gasteiger partial charge in [-0.2, -0.15) is 5.10 Å². The summed E-state index contributed by atoms with van der Waals surface area (Å²) in [5.74, 6) is 0.210. The maximum absolute atomic E-state index is 12.6. The molecule has 7 heteroatoms. The van der Waals surface area contributed by atoms with E-state index in [-0.39, 0.29) is 24.2 Å². The minimum absolute atomic E-state index is 0.0219. The molecule has 0 aliphatic carbocycles. The summed E-state index contributed by atoms with van der Waals surface area (Å²) in [7, 11) is 1.83. The van der Waals surface area contributed by atoms with E-state index in [0.29, 0.717) is 13.1 Å². The van der Waals surface area contributed by atoms with E-state index < -0.39 is 0 Å². The molecule has 150 valence electrons. The van der Waals surface area contributed by atoms with E-state index in [1.54, 1.807) is 15.8 Å². The van der Waals surface area contributed by atoms with E-state index in [0.717, 1.165) is 28.4 Å². The number of rotatable bonds is 5. The Labute approximate surface area is 169 Å². The number of carbonyl (C=O) groups excluding carboxylic acids is 2. The molecule has 3 heterocycles. The van der Waals surface area contributed by atoms with Crippen molar-refractivity contribution < 1.29 is 14.0 Å². The van der Waals surface area contributed by atoms with Crippen LogP contribution in [-0.4, -0.2) is 28.1 Å². The van der Waals surface area contributed by atoms with Gasteiger partial charge in [-0.3, -0.25) is 14.3 Å².